The average molecular weight is 603 g/mol. The van der Waals surface area contributed by atoms with Crippen molar-refractivity contribution in [1.29, 1.82) is 0 Å². The van der Waals surface area contributed by atoms with Crippen LogP contribution in [0, 0.1) is 28.4 Å². The molecule has 190 valence electrons. The number of halogens is 2. The molecule has 37 heavy (non-hydrogen) atoms. The quantitative estimate of drug-likeness (QED) is 0.190. The Labute approximate surface area is 242 Å². The number of hydrogen-bond donors (Lipinski definition) is 0. The zero-order valence-corrected chi connectivity index (χ0v) is 25.6. The van der Waals surface area contributed by atoms with Crippen molar-refractivity contribution in [1.82, 2.24) is 0 Å². The van der Waals surface area contributed by atoms with E-state index >= 15 is 0 Å². The van der Waals surface area contributed by atoms with E-state index in [1.807, 2.05) is 12.2 Å². The summed E-state index contributed by atoms with van der Waals surface area (Å²) in [4.78, 5) is 0. The van der Waals surface area contributed by atoms with Crippen molar-refractivity contribution < 1.29 is 20.8 Å². The van der Waals surface area contributed by atoms with Crippen LogP contribution in [-0.2, 0) is 20.8 Å². The summed E-state index contributed by atoms with van der Waals surface area (Å²) in [5.74, 6) is 0.763. The Hall–Kier alpha value is -2.18. The van der Waals surface area contributed by atoms with Gasteiger partial charge in [0, 0.05) is 11.8 Å². The van der Waals surface area contributed by atoms with E-state index in [-0.39, 0.29) is 22.3 Å². The largest absolute Gasteiger partial charge is 0.0619 e. The van der Waals surface area contributed by atoms with Crippen LogP contribution in [0.25, 0.3) is 22.3 Å². The molecule has 4 aromatic carbocycles. The summed E-state index contributed by atoms with van der Waals surface area (Å²) in [5.41, 5.74) is 11.4. The van der Waals surface area contributed by atoms with Crippen molar-refractivity contribution in [2.75, 3.05) is 0 Å². The van der Waals surface area contributed by atoms with Crippen molar-refractivity contribution in [2.24, 2.45) is 0 Å². The van der Waals surface area contributed by atoms with Gasteiger partial charge in [0.05, 0.1) is 0 Å². The Morgan fingerprint density at radius 2 is 0.838 bits per heavy atom. The van der Waals surface area contributed by atoms with Crippen LogP contribution in [0.5, 0.6) is 0 Å². The molecule has 3 heteroatoms. The van der Waals surface area contributed by atoms with Gasteiger partial charge in [0.1, 0.15) is 0 Å². The van der Waals surface area contributed by atoms with Crippen LogP contribution in [-0.4, -0.2) is 0 Å². The molecule has 0 amide bonds. The summed E-state index contributed by atoms with van der Waals surface area (Å²) in [7, 11) is 9.87. The molecular weight excluding hydrogens is 571 g/mol. The summed E-state index contributed by atoms with van der Waals surface area (Å²) in [6.07, 6.45) is 10.0. The average Bonchev–Trinajstić information content (AvgIpc) is 3.63. The molecule has 4 aromatic rings. The molecule has 0 heterocycles. The molecule has 0 fully saturated rings. The second-order valence-corrected chi connectivity index (χ2v) is 12.1. The monoisotopic (exact) mass is 600 g/mol. The van der Waals surface area contributed by atoms with Gasteiger partial charge in [-0.2, -0.15) is 6.08 Å². The Morgan fingerprint density at radius 1 is 0.541 bits per heavy atom. The topological polar surface area (TPSA) is 0 Å². The molecule has 0 aromatic heterocycles. The fourth-order valence-corrected chi connectivity index (χ4v) is 5.45. The molecule has 0 saturated heterocycles. The molecule has 0 N–H and O–H groups in total. The SMILES string of the molecule is [C-]1=CC=CC1.[CH3-].[CH3-].[CH3-].[Cl][Zr][Cl].c1ccc2c(c1)-c1ccccc1C2C1c2ccccc2-c2ccccc21. The van der Waals surface area contributed by atoms with Crippen molar-refractivity contribution >= 4 is 17.0 Å². The third kappa shape index (κ3) is 6.12. The van der Waals surface area contributed by atoms with Crippen LogP contribution in [0.1, 0.15) is 40.5 Å². The van der Waals surface area contributed by atoms with Crippen molar-refractivity contribution in [3.05, 3.63) is 166 Å². The zero-order valence-electron chi connectivity index (χ0n) is 21.6. The maximum Gasteiger partial charge on any atom is 0.0211 e. The minimum absolute atomic E-state index is 0. The van der Waals surface area contributed by atoms with E-state index in [2.05, 4.69) is 109 Å². The van der Waals surface area contributed by atoms with Gasteiger partial charge in [0.2, 0.25) is 0 Å². The van der Waals surface area contributed by atoms with Crippen LogP contribution in [0.4, 0.5) is 0 Å². The van der Waals surface area contributed by atoms with Gasteiger partial charge in [0.15, 0.2) is 0 Å². The van der Waals surface area contributed by atoms with Crippen molar-refractivity contribution in [3.8, 4) is 22.3 Å². The summed E-state index contributed by atoms with van der Waals surface area (Å²) in [6, 6.07) is 35.8. The van der Waals surface area contributed by atoms with Gasteiger partial charge < -0.3 is 22.3 Å². The molecule has 0 aliphatic heterocycles. The summed E-state index contributed by atoms with van der Waals surface area (Å²) >= 11 is -0.826. The van der Waals surface area contributed by atoms with Gasteiger partial charge in [-0.25, -0.2) is 12.2 Å². The summed E-state index contributed by atoms with van der Waals surface area (Å²) in [6.45, 7) is 0. The molecule has 0 nitrogen and oxygen atoms in total. The molecule has 0 unspecified atom stereocenters. The first-order valence-electron chi connectivity index (χ1n) is 11.4. The second kappa shape index (κ2) is 14.7. The van der Waals surface area contributed by atoms with Crippen molar-refractivity contribution in [2.45, 2.75) is 18.3 Å². The fraction of sp³-hybridized carbons (Fsp3) is 0.0882. The molecule has 0 atom stereocenters. The van der Waals surface area contributed by atoms with Gasteiger partial charge in [0.25, 0.3) is 0 Å². The molecule has 0 spiro atoms. The van der Waals surface area contributed by atoms with Crippen LogP contribution < -0.4 is 0 Å². The third-order valence-corrected chi connectivity index (χ3v) is 6.68. The summed E-state index contributed by atoms with van der Waals surface area (Å²) in [5, 5.41) is 0. The minimum Gasteiger partial charge on any atom is -0.0619 e. The number of allylic oxidation sites excluding steroid dienone is 4. The molecule has 0 saturated carbocycles. The molecule has 0 bridgehead atoms. The Kier molecular flexibility index (Phi) is 12.3. The van der Waals surface area contributed by atoms with Crippen LogP contribution in [0.2, 0.25) is 0 Å². The third-order valence-electron chi connectivity index (χ3n) is 6.68. The predicted molar refractivity (Wildman–Crippen MR) is 160 cm³/mol. The van der Waals surface area contributed by atoms with Crippen LogP contribution in [0.15, 0.2) is 115 Å². The molecule has 3 aliphatic carbocycles. The van der Waals surface area contributed by atoms with Gasteiger partial charge in [-0.1, -0.05) is 97.1 Å². The van der Waals surface area contributed by atoms with Crippen molar-refractivity contribution in [3.63, 3.8) is 0 Å². The van der Waals surface area contributed by atoms with Crippen LogP contribution in [0.3, 0.4) is 0 Å². The smallest absolute Gasteiger partial charge is 0.0211 e. The molecule has 3 aliphatic rings. The standard InChI is InChI=1S/C26H18.C5H5.3CH3.2ClH.Zr/c1-5-13-21-17(9-1)18-10-2-6-14-22(18)25(21)26-23-15-7-3-11-19(23)20-12-4-8-16-24(20)26;1-2-4-5-3-1;;;;;;/h1-16,25-26H;1-3H,4H2;3*1H3;2*1H;/q;4*-1;;;+2/p-2. The van der Waals surface area contributed by atoms with Crippen LogP contribution >= 0.6 is 17.0 Å². The van der Waals surface area contributed by atoms with E-state index in [4.69, 9.17) is 17.0 Å². The first-order valence-corrected chi connectivity index (χ1v) is 17.7. The molecular formula is C34H32Cl2Zr-4. The molecule has 0 radical (unpaired) electrons. The second-order valence-electron chi connectivity index (χ2n) is 8.38. The van der Waals surface area contributed by atoms with Gasteiger partial charge in [-0.05, 0) is 44.5 Å². The first-order chi connectivity index (χ1) is 16.8. The Bertz CT molecular complexity index is 1160. The maximum absolute atomic E-state index is 4.93. The first kappa shape index (κ1) is 31.0. The Balaban J connectivity index is 0.000000384. The van der Waals surface area contributed by atoms with Gasteiger partial charge in [-0.3, -0.25) is 6.08 Å². The van der Waals surface area contributed by atoms with E-state index in [0.717, 1.165) is 6.42 Å². The fourth-order valence-electron chi connectivity index (χ4n) is 5.45. The molecule has 7 rings (SSSR count). The predicted octanol–water partition coefficient (Wildman–Crippen LogP) is 10.6. The van der Waals surface area contributed by atoms with E-state index in [9.17, 15) is 0 Å². The Morgan fingerprint density at radius 3 is 1.05 bits per heavy atom. The summed E-state index contributed by atoms with van der Waals surface area (Å²) < 4.78 is 0. The van der Waals surface area contributed by atoms with E-state index in [1.54, 1.807) is 0 Å². The van der Waals surface area contributed by atoms with Gasteiger partial charge >= 0.3 is 37.9 Å². The number of rotatable bonds is 1. The zero-order chi connectivity index (χ0) is 23.3. The number of hydrogen-bond acceptors (Lipinski definition) is 0. The van der Waals surface area contributed by atoms with E-state index in [0.29, 0.717) is 11.8 Å². The number of benzene rings is 4. The normalized spacial score (nSPS) is 13.0. The van der Waals surface area contributed by atoms with Gasteiger partial charge in [-0.15, -0.1) is 6.42 Å². The minimum atomic E-state index is -0.826. The maximum atomic E-state index is 4.93. The number of fused-ring (bicyclic) bond motifs is 6. The van der Waals surface area contributed by atoms with E-state index in [1.165, 1.54) is 44.5 Å². The van der Waals surface area contributed by atoms with E-state index < -0.39 is 20.8 Å².